The molecule has 9 aromatic rings. The fraction of sp³-hybridized carbons (Fsp3) is 0. The van der Waals surface area contributed by atoms with Crippen molar-refractivity contribution in [3.8, 4) is 67.7 Å². The van der Waals surface area contributed by atoms with Crippen molar-refractivity contribution in [1.82, 2.24) is 19.9 Å². The maximum Gasteiger partial charge on any atom is 0.164 e. The molecule has 4 heteroatoms. The number of aromatic nitrogens is 4. The Morgan fingerprint density at radius 3 is 1.40 bits per heavy atom. The number of nitrogens with zero attached hydrogens (tertiary/aromatic N) is 4. The minimum absolute atomic E-state index is 0.634. The third-order valence-electron chi connectivity index (χ3n) is 9.12. The standard InChI is InChI=1S/C46H30N4/c1-5-15-31(16-6-1)40-30-42(32-17-7-2-8-18-32)47-41-28-27-38-37(25-14-26-39(38)43(40)41)35-23-13-24-36(29-35)46-49-44(33-19-9-3-10-20-33)48-45(50-46)34-21-11-4-12-22-34/h1-30H. The lowest BCUT2D eigenvalue weighted by molar-refractivity contribution is 1.07. The van der Waals surface area contributed by atoms with E-state index >= 15 is 0 Å². The van der Waals surface area contributed by atoms with Crippen LogP contribution >= 0.6 is 0 Å². The van der Waals surface area contributed by atoms with E-state index in [0.29, 0.717) is 17.5 Å². The lowest BCUT2D eigenvalue weighted by Gasteiger charge is -2.15. The fourth-order valence-electron chi connectivity index (χ4n) is 6.71. The lowest BCUT2D eigenvalue weighted by atomic mass is 9.91. The number of fused-ring (bicyclic) bond motifs is 3. The highest BCUT2D eigenvalue weighted by Crippen LogP contribution is 2.40. The highest BCUT2D eigenvalue weighted by molar-refractivity contribution is 6.17. The molecule has 234 valence electrons. The molecule has 4 nitrogen and oxygen atoms in total. The van der Waals surface area contributed by atoms with Gasteiger partial charge in [0, 0.05) is 27.6 Å². The molecular formula is C46H30N4. The SMILES string of the molecule is c1ccc(-c2cc(-c3ccccc3)c3c(ccc4c(-c5cccc(-c6nc(-c7ccccc7)nc(-c7ccccc7)n6)c5)cccc43)n2)cc1. The first-order chi connectivity index (χ1) is 24.8. The number of hydrogen-bond acceptors (Lipinski definition) is 4. The van der Waals surface area contributed by atoms with Crippen LogP contribution in [0.1, 0.15) is 0 Å². The van der Waals surface area contributed by atoms with Gasteiger partial charge in [-0.05, 0) is 51.2 Å². The summed E-state index contributed by atoms with van der Waals surface area (Å²) in [6.07, 6.45) is 0. The molecular weight excluding hydrogens is 609 g/mol. The minimum atomic E-state index is 0.634. The van der Waals surface area contributed by atoms with Gasteiger partial charge in [-0.2, -0.15) is 0 Å². The van der Waals surface area contributed by atoms with Crippen LogP contribution in [0.25, 0.3) is 89.4 Å². The highest BCUT2D eigenvalue weighted by Gasteiger charge is 2.16. The first kappa shape index (κ1) is 29.4. The first-order valence-electron chi connectivity index (χ1n) is 16.7. The van der Waals surface area contributed by atoms with Gasteiger partial charge in [-0.1, -0.05) is 164 Å². The molecule has 0 atom stereocenters. The van der Waals surface area contributed by atoms with Gasteiger partial charge in [0.2, 0.25) is 0 Å². The minimum Gasteiger partial charge on any atom is -0.248 e. The van der Waals surface area contributed by atoms with Crippen LogP contribution in [0, 0.1) is 0 Å². The van der Waals surface area contributed by atoms with Crippen molar-refractivity contribution < 1.29 is 0 Å². The molecule has 0 fully saturated rings. The maximum absolute atomic E-state index is 5.18. The monoisotopic (exact) mass is 638 g/mol. The van der Waals surface area contributed by atoms with E-state index in [0.717, 1.165) is 71.9 Å². The van der Waals surface area contributed by atoms with Crippen LogP contribution in [0.5, 0.6) is 0 Å². The van der Waals surface area contributed by atoms with Gasteiger partial charge in [0.1, 0.15) is 0 Å². The molecule has 9 rings (SSSR count). The third-order valence-corrected chi connectivity index (χ3v) is 9.12. The van der Waals surface area contributed by atoms with Crippen molar-refractivity contribution in [3.05, 3.63) is 182 Å². The summed E-state index contributed by atoms with van der Waals surface area (Å²) in [7, 11) is 0. The van der Waals surface area contributed by atoms with E-state index in [1.807, 2.05) is 66.7 Å². The summed E-state index contributed by atoms with van der Waals surface area (Å²) >= 11 is 0. The molecule has 0 unspecified atom stereocenters. The van der Waals surface area contributed by atoms with Gasteiger partial charge >= 0.3 is 0 Å². The molecule has 0 saturated carbocycles. The van der Waals surface area contributed by atoms with Crippen LogP contribution in [-0.4, -0.2) is 19.9 Å². The molecule has 2 heterocycles. The third kappa shape index (κ3) is 5.49. The van der Waals surface area contributed by atoms with E-state index in [4.69, 9.17) is 19.9 Å². The summed E-state index contributed by atoms with van der Waals surface area (Å²) < 4.78 is 0. The fourth-order valence-corrected chi connectivity index (χ4v) is 6.71. The van der Waals surface area contributed by atoms with E-state index in [1.165, 1.54) is 0 Å². The average Bonchev–Trinajstić information content (AvgIpc) is 3.21. The van der Waals surface area contributed by atoms with E-state index < -0.39 is 0 Å². The molecule has 0 bridgehead atoms. The molecule has 0 aliphatic carbocycles. The van der Waals surface area contributed by atoms with Crippen molar-refractivity contribution in [2.24, 2.45) is 0 Å². The topological polar surface area (TPSA) is 51.6 Å². The predicted molar refractivity (Wildman–Crippen MR) is 205 cm³/mol. The second-order valence-corrected chi connectivity index (χ2v) is 12.3. The van der Waals surface area contributed by atoms with Crippen molar-refractivity contribution in [1.29, 1.82) is 0 Å². The summed E-state index contributed by atoms with van der Waals surface area (Å²) in [5.41, 5.74) is 10.4. The largest absolute Gasteiger partial charge is 0.248 e. The zero-order valence-corrected chi connectivity index (χ0v) is 27.1. The highest BCUT2D eigenvalue weighted by atomic mass is 15.0. The van der Waals surface area contributed by atoms with E-state index in [1.54, 1.807) is 0 Å². The van der Waals surface area contributed by atoms with Gasteiger partial charge in [0.25, 0.3) is 0 Å². The second kappa shape index (κ2) is 12.7. The van der Waals surface area contributed by atoms with Gasteiger partial charge in [0.05, 0.1) is 11.2 Å². The molecule has 0 aliphatic rings. The van der Waals surface area contributed by atoms with Crippen molar-refractivity contribution in [2.75, 3.05) is 0 Å². The Labute approximate surface area is 290 Å². The van der Waals surface area contributed by atoms with Crippen molar-refractivity contribution in [2.45, 2.75) is 0 Å². The Bertz CT molecular complexity index is 2560. The number of rotatable bonds is 6. The summed E-state index contributed by atoms with van der Waals surface area (Å²) in [6, 6.07) is 62.8. The zero-order valence-electron chi connectivity index (χ0n) is 27.1. The van der Waals surface area contributed by atoms with Crippen LogP contribution in [-0.2, 0) is 0 Å². The lowest BCUT2D eigenvalue weighted by Crippen LogP contribution is -2.00. The van der Waals surface area contributed by atoms with E-state index in [2.05, 4.69) is 115 Å². The van der Waals surface area contributed by atoms with Gasteiger partial charge in [-0.15, -0.1) is 0 Å². The predicted octanol–water partition coefficient (Wildman–Crippen LogP) is 11.6. The van der Waals surface area contributed by atoms with E-state index in [-0.39, 0.29) is 0 Å². The van der Waals surface area contributed by atoms with Crippen LogP contribution in [0.4, 0.5) is 0 Å². The molecule has 0 spiro atoms. The van der Waals surface area contributed by atoms with Crippen LogP contribution in [0.2, 0.25) is 0 Å². The Morgan fingerprint density at radius 2 is 0.780 bits per heavy atom. The van der Waals surface area contributed by atoms with Crippen LogP contribution < -0.4 is 0 Å². The smallest absolute Gasteiger partial charge is 0.164 e. The maximum atomic E-state index is 5.18. The number of pyridine rings is 1. The van der Waals surface area contributed by atoms with Crippen LogP contribution in [0.3, 0.4) is 0 Å². The summed E-state index contributed by atoms with van der Waals surface area (Å²) in [5, 5.41) is 3.47. The Kier molecular flexibility index (Phi) is 7.45. The molecule has 0 N–H and O–H groups in total. The second-order valence-electron chi connectivity index (χ2n) is 12.3. The average molecular weight is 639 g/mol. The molecule has 0 saturated heterocycles. The molecule has 0 amide bonds. The van der Waals surface area contributed by atoms with Crippen molar-refractivity contribution in [3.63, 3.8) is 0 Å². The molecule has 50 heavy (non-hydrogen) atoms. The van der Waals surface area contributed by atoms with E-state index in [9.17, 15) is 0 Å². The summed E-state index contributed by atoms with van der Waals surface area (Å²) in [6.45, 7) is 0. The Morgan fingerprint density at radius 1 is 0.280 bits per heavy atom. The van der Waals surface area contributed by atoms with Crippen LogP contribution in [0.15, 0.2) is 182 Å². The zero-order chi connectivity index (χ0) is 33.3. The molecule has 0 radical (unpaired) electrons. The quantitative estimate of drug-likeness (QED) is 0.170. The van der Waals surface area contributed by atoms with Crippen molar-refractivity contribution >= 4 is 21.7 Å². The molecule has 0 aliphatic heterocycles. The van der Waals surface area contributed by atoms with Gasteiger partial charge in [-0.25, -0.2) is 19.9 Å². The molecule has 2 aromatic heterocycles. The Hall–Kier alpha value is -6.78. The first-order valence-corrected chi connectivity index (χ1v) is 16.7. The molecule has 7 aromatic carbocycles. The van der Waals surface area contributed by atoms with Gasteiger partial charge in [0.15, 0.2) is 17.5 Å². The van der Waals surface area contributed by atoms with Gasteiger partial charge < -0.3 is 0 Å². The summed E-state index contributed by atoms with van der Waals surface area (Å²) in [4.78, 5) is 20.0. The van der Waals surface area contributed by atoms with Gasteiger partial charge in [-0.3, -0.25) is 0 Å². The Balaban J connectivity index is 1.22. The number of hydrogen-bond donors (Lipinski definition) is 0. The normalized spacial score (nSPS) is 11.2. The number of benzene rings is 7. The summed E-state index contributed by atoms with van der Waals surface area (Å²) in [5.74, 6) is 1.92.